The van der Waals surface area contributed by atoms with Crippen molar-refractivity contribution in [3.63, 3.8) is 0 Å². The van der Waals surface area contributed by atoms with E-state index in [1.807, 2.05) is 35.2 Å². The SMILES string of the molecule is CN(C(=O)OCC1CCCO1)[C@@H]1CN(C(=O)C2CCN(c3ccc(C#N)cn3)CC2)C[C@H]1c1ccc(Cl)cc1. The Morgan fingerprint density at radius 2 is 1.92 bits per heavy atom. The van der Waals surface area contributed by atoms with Gasteiger partial charge in [-0.25, -0.2) is 9.78 Å². The van der Waals surface area contributed by atoms with Gasteiger partial charge in [-0.1, -0.05) is 23.7 Å². The Bertz CT molecular complexity index is 1190. The minimum Gasteiger partial charge on any atom is -0.447 e. The molecule has 10 heteroatoms. The van der Waals surface area contributed by atoms with E-state index in [1.54, 1.807) is 24.2 Å². The highest BCUT2D eigenvalue weighted by molar-refractivity contribution is 6.30. The van der Waals surface area contributed by atoms with E-state index >= 15 is 0 Å². The van der Waals surface area contributed by atoms with Crippen LogP contribution in [0.15, 0.2) is 42.6 Å². The second-order valence-corrected chi connectivity index (χ2v) is 11.0. The summed E-state index contributed by atoms with van der Waals surface area (Å²) in [5.74, 6) is 0.826. The molecule has 206 valence electrons. The Hall–Kier alpha value is -3.35. The molecule has 2 aromatic rings. The molecule has 0 saturated carbocycles. The molecule has 1 unspecified atom stereocenters. The van der Waals surface area contributed by atoms with Gasteiger partial charge in [0.05, 0.1) is 17.7 Å². The number of halogens is 1. The molecule has 0 N–H and O–H groups in total. The van der Waals surface area contributed by atoms with Crippen molar-refractivity contribution in [3.05, 3.63) is 58.7 Å². The molecule has 2 amide bonds. The maximum absolute atomic E-state index is 13.7. The summed E-state index contributed by atoms with van der Waals surface area (Å²) >= 11 is 6.14. The van der Waals surface area contributed by atoms with Gasteiger partial charge in [0.25, 0.3) is 0 Å². The summed E-state index contributed by atoms with van der Waals surface area (Å²) in [6.07, 6.45) is 4.48. The minimum absolute atomic E-state index is 0.0404. The van der Waals surface area contributed by atoms with Gasteiger partial charge in [-0.3, -0.25) is 4.79 Å². The molecule has 39 heavy (non-hydrogen) atoms. The molecule has 3 aliphatic heterocycles. The normalized spacial score (nSPS) is 23.5. The van der Waals surface area contributed by atoms with E-state index in [2.05, 4.69) is 16.0 Å². The summed E-state index contributed by atoms with van der Waals surface area (Å²) < 4.78 is 11.2. The number of rotatable bonds is 6. The average molecular weight is 552 g/mol. The van der Waals surface area contributed by atoms with Crippen LogP contribution in [0.25, 0.3) is 0 Å². The zero-order chi connectivity index (χ0) is 27.4. The first-order chi connectivity index (χ1) is 18.9. The van der Waals surface area contributed by atoms with E-state index in [0.717, 1.165) is 50.2 Å². The largest absolute Gasteiger partial charge is 0.447 e. The number of nitriles is 1. The third kappa shape index (κ3) is 6.29. The van der Waals surface area contributed by atoms with Crippen molar-refractivity contribution < 1.29 is 19.1 Å². The number of ether oxygens (including phenoxy) is 2. The van der Waals surface area contributed by atoms with Crippen LogP contribution in [-0.2, 0) is 14.3 Å². The van der Waals surface area contributed by atoms with Gasteiger partial charge in [-0.15, -0.1) is 0 Å². The molecule has 0 aliphatic carbocycles. The summed E-state index contributed by atoms with van der Waals surface area (Å²) in [6.45, 7) is 3.39. The summed E-state index contributed by atoms with van der Waals surface area (Å²) in [4.78, 5) is 36.8. The third-order valence-corrected chi connectivity index (χ3v) is 8.40. The molecule has 3 saturated heterocycles. The number of carbonyl (C=O) groups excluding carboxylic acids is 2. The van der Waals surface area contributed by atoms with Crippen LogP contribution >= 0.6 is 11.6 Å². The number of aromatic nitrogens is 1. The summed E-state index contributed by atoms with van der Waals surface area (Å²) in [6, 6.07) is 13.1. The van der Waals surface area contributed by atoms with E-state index in [1.165, 1.54) is 0 Å². The number of nitrogens with zero attached hydrogens (tertiary/aromatic N) is 5. The number of pyridine rings is 1. The molecule has 4 heterocycles. The minimum atomic E-state index is -0.396. The van der Waals surface area contributed by atoms with Crippen LogP contribution < -0.4 is 4.90 Å². The Morgan fingerprint density at radius 1 is 1.15 bits per heavy atom. The highest BCUT2D eigenvalue weighted by atomic mass is 35.5. The maximum atomic E-state index is 13.7. The van der Waals surface area contributed by atoms with E-state index in [9.17, 15) is 9.59 Å². The van der Waals surface area contributed by atoms with E-state index in [-0.39, 0.29) is 36.5 Å². The Balaban J connectivity index is 1.23. The number of benzene rings is 1. The van der Waals surface area contributed by atoms with Crippen molar-refractivity contribution in [1.82, 2.24) is 14.8 Å². The van der Waals surface area contributed by atoms with Gasteiger partial charge in [-0.2, -0.15) is 5.26 Å². The first-order valence-corrected chi connectivity index (χ1v) is 14.0. The molecule has 5 rings (SSSR count). The van der Waals surface area contributed by atoms with Crippen LogP contribution in [-0.4, -0.2) is 85.4 Å². The van der Waals surface area contributed by atoms with E-state index in [0.29, 0.717) is 30.3 Å². The summed E-state index contributed by atoms with van der Waals surface area (Å²) in [5.41, 5.74) is 1.57. The van der Waals surface area contributed by atoms with Crippen LogP contribution in [0.3, 0.4) is 0 Å². The molecule has 3 atom stereocenters. The molecule has 0 bridgehead atoms. The Morgan fingerprint density at radius 3 is 2.56 bits per heavy atom. The quantitative estimate of drug-likeness (QED) is 0.533. The molecule has 0 spiro atoms. The van der Waals surface area contributed by atoms with Gasteiger partial charge in [0, 0.05) is 62.9 Å². The lowest BCUT2D eigenvalue weighted by molar-refractivity contribution is -0.135. The van der Waals surface area contributed by atoms with Crippen LogP contribution in [0, 0.1) is 17.2 Å². The molecule has 1 aromatic heterocycles. The predicted octanol–water partition coefficient (Wildman–Crippen LogP) is 4.07. The number of amides is 2. The second kappa shape index (κ2) is 12.2. The smallest absolute Gasteiger partial charge is 0.409 e. The Kier molecular flexibility index (Phi) is 8.53. The zero-order valence-electron chi connectivity index (χ0n) is 22.2. The molecule has 3 aliphatic rings. The van der Waals surface area contributed by atoms with Gasteiger partial charge >= 0.3 is 6.09 Å². The fourth-order valence-electron chi connectivity index (χ4n) is 5.83. The van der Waals surface area contributed by atoms with Crippen LogP contribution in [0.5, 0.6) is 0 Å². The fourth-order valence-corrected chi connectivity index (χ4v) is 5.95. The monoisotopic (exact) mass is 551 g/mol. The number of likely N-dealkylation sites (tertiary alicyclic amines) is 1. The lowest BCUT2D eigenvalue weighted by atomic mass is 9.93. The van der Waals surface area contributed by atoms with E-state index < -0.39 is 6.09 Å². The van der Waals surface area contributed by atoms with Crippen molar-refractivity contribution >= 4 is 29.4 Å². The Labute approximate surface area is 234 Å². The molecule has 3 fully saturated rings. The standard InChI is InChI=1S/C29H34ClN5O4/c1-33(29(37)39-19-24-3-2-14-38-24)26-18-35(17-25(26)21-5-7-23(30)8-6-21)28(36)22-10-12-34(13-11-22)27-9-4-20(15-31)16-32-27/h4-9,16,22,24-26H,2-3,10-14,17-19H2,1H3/t24?,25-,26+/m0/s1. The molecule has 0 radical (unpaired) electrons. The number of carbonyl (C=O) groups is 2. The highest BCUT2D eigenvalue weighted by Gasteiger charge is 2.42. The zero-order valence-corrected chi connectivity index (χ0v) is 22.9. The highest BCUT2D eigenvalue weighted by Crippen LogP contribution is 2.34. The summed E-state index contributed by atoms with van der Waals surface area (Å²) in [7, 11) is 1.75. The molecule has 1 aromatic carbocycles. The fraction of sp³-hybridized carbons (Fsp3) is 0.517. The van der Waals surface area contributed by atoms with Crippen molar-refractivity contribution in [2.24, 2.45) is 5.92 Å². The molecular weight excluding hydrogens is 518 g/mol. The lowest BCUT2D eigenvalue weighted by Crippen LogP contribution is -2.45. The number of hydrogen-bond donors (Lipinski definition) is 0. The predicted molar refractivity (Wildman–Crippen MR) is 147 cm³/mol. The lowest BCUT2D eigenvalue weighted by Gasteiger charge is -2.34. The van der Waals surface area contributed by atoms with E-state index in [4.69, 9.17) is 26.3 Å². The number of hydrogen-bond acceptors (Lipinski definition) is 7. The molecular formula is C29H34ClN5O4. The topological polar surface area (TPSA) is 99.0 Å². The van der Waals surface area contributed by atoms with Crippen LogP contribution in [0.4, 0.5) is 10.6 Å². The summed E-state index contributed by atoms with van der Waals surface area (Å²) in [5, 5.41) is 9.66. The van der Waals surface area contributed by atoms with Crippen molar-refractivity contribution in [1.29, 1.82) is 5.26 Å². The van der Waals surface area contributed by atoms with Gasteiger partial charge in [-0.05, 0) is 55.5 Å². The van der Waals surface area contributed by atoms with Crippen molar-refractivity contribution in [2.45, 2.75) is 43.7 Å². The number of piperidine rings is 1. The van der Waals surface area contributed by atoms with Gasteiger partial charge < -0.3 is 24.2 Å². The number of likely N-dealkylation sites (N-methyl/N-ethyl adjacent to an activating group) is 1. The average Bonchev–Trinajstić information content (AvgIpc) is 3.66. The second-order valence-electron chi connectivity index (χ2n) is 10.6. The van der Waals surface area contributed by atoms with Crippen molar-refractivity contribution in [3.8, 4) is 6.07 Å². The first kappa shape index (κ1) is 27.2. The third-order valence-electron chi connectivity index (χ3n) is 8.15. The maximum Gasteiger partial charge on any atom is 0.409 e. The first-order valence-electron chi connectivity index (χ1n) is 13.6. The number of anilines is 1. The van der Waals surface area contributed by atoms with Crippen LogP contribution in [0.2, 0.25) is 5.02 Å². The van der Waals surface area contributed by atoms with Crippen LogP contribution in [0.1, 0.15) is 42.7 Å². The van der Waals surface area contributed by atoms with Gasteiger partial charge in [0.15, 0.2) is 0 Å². The van der Waals surface area contributed by atoms with Gasteiger partial charge in [0.1, 0.15) is 18.5 Å². The van der Waals surface area contributed by atoms with Crippen molar-refractivity contribution in [2.75, 3.05) is 51.3 Å². The molecule has 9 nitrogen and oxygen atoms in total. The van der Waals surface area contributed by atoms with Gasteiger partial charge in [0.2, 0.25) is 5.91 Å².